The number of ether oxygens (including phenoxy) is 1. The van der Waals surface area contributed by atoms with Crippen molar-refractivity contribution in [1.82, 2.24) is 9.88 Å². The highest BCUT2D eigenvalue weighted by Crippen LogP contribution is 2.23. The van der Waals surface area contributed by atoms with Crippen LogP contribution in [0.3, 0.4) is 0 Å². The van der Waals surface area contributed by atoms with Gasteiger partial charge in [0.15, 0.2) is 11.2 Å². The molecule has 2 aromatic heterocycles. The molecule has 6 heteroatoms. The predicted octanol–water partition coefficient (Wildman–Crippen LogP) is 2.40. The van der Waals surface area contributed by atoms with Crippen LogP contribution in [0.15, 0.2) is 64.1 Å². The lowest BCUT2D eigenvalue weighted by Crippen LogP contribution is -2.42. The highest BCUT2D eigenvalue weighted by Gasteiger charge is 2.28. The van der Waals surface area contributed by atoms with E-state index in [0.29, 0.717) is 30.7 Å². The normalized spacial score (nSPS) is 17.6. The third kappa shape index (κ3) is 3.04. The van der Waals surface area contributed by atoms with E-state index in [1.54, 1.807) is 41.6 Å². The number of fused-ring (bicyclic) bond motifs is 1. The first-order valence-electron chi connectivity index (χ1n) is 8.06. The Hall–Kier alpha value is -2.99. The molecule has 0 saturated carbocycles. The molecule has 25 heavy (non-hydrogen) atoms. The molecule has 1 aromatic carbocycles. The molecular weight excluding hydrogens is 320 g/mol. The number of amides is 1. The number of morpholine rings is 1. The number of aromatic nitrogens is 1. The Labute approximate surface area is 143 Å². The largest absolute Gasteiger partial charge is 0.451 e. The summed E-state index contributed by atoms with van der Waals surface area (Å²) < 4.78 is 11.4. The lowest BCUT2D eigenvalue weighted by molar-refractivity contribution is -0.0239. The van der Waals surface area contributed by atoms with Crippen molar-refractivity contribution in [3.63, 3.8) is 0 Å². The fourth-order valence-electron chi connectivity index (χ4n) is 2.97. The minimum Gasteiger partial charge on any atom is -0.451 e. The molecular formula is C19H16N2O4. The van der Waals surface area contributed by atoms with Gasteiger partial charge in [0.2, 0.25) is 0 Å². The second kappa shape index (κ2) is 6.49. The highest BCUT2D eigenvalue weighted by atomic mass is 16.5. The van der Waals surface area contributed by atoms with Crippen LogP contribution in [0.25, 0.3) is 11.0 Å². The van der Waals surface area contributed by atoms with E-state index in [1.807, 2.05) is 12.1 Å². The van der Waals surface area contributed by atoms with Crippen LogP contribution in [0, 0.1) is 0 Å². The first kappa shape index (κ1) is 15.5. The minimum atomic E-state index is -0.306. The number of benzene rings is 1. The molecule has 1 atom stereocenters. The van der Waals surface area contributed by atoms with Crippen LogP contribution in [0.1, 0.15) is 22.2 Å². The van der Waals surface area contributed by atoms with Crippen LogP contribution < -0.4 is 5.43 Å². The van der Waals surface area contributed by atoms with E-state index in [1.165, 1.54) is 6.07 Å². The number of pyridine rings is 1. The van der Waals surface area contributed by atoms with Gasteiger partial charge >= 0.3 is 0 Å². The van der Waals surface area contributed by atoms with E-state index >= 15 is 0 Å². The number of carbonyl (C=O) groups excluding carboxylic acids is 1. The first-order chi connectivity index (χ1) is 12.2. The van der Waals surface area contributed by atoms with E-state index in [2.05, 4.69) is 4.98 Å². The Kier molecular flexibility index (Phi) is 4.03. The Morgan fingerprint density at radius 3 is 2.92 bits per heavy atom. The summed E-state index contributed by atoms with van der Waals surface area (Å²) in [5.41, 5.74) is 1.11. The van der Waals surface area contributed by atoms with Crippen molar-refractivity contribution < 1.29 is 13.9 Å². The average Bonchev–Trinajstić information content (AvgIpc) is 2.68. The van der Waals surface area contributed by atoms with Crippen molar-refractivity contribution in [3.05, 3.63) is 76.4 Å². The second-order valence-corrected chi connectivity index (χ2v) is 5.87. The van der Waals surface area contributed by atoms with Gasteiger partial charge in [-0.25, -0.2) is 0 Å². The Morgan fingerprint density at radius 1 is 1.20 bits per heavy atom. The second-order valence-electron chi connectivity index (χ2n) is 5.87. The molecule has 4 rings (SSSR count). The van der Waals surface area contributed by atoms with Crippen LogP contribution in [-0.4, -0.2) is 35.5 Å². The first-order valence-corrected chi connectivity index (χ1v) is 8.06. The summed E-state index contributed by atoms with van der Waals surface area (Å²) in [7, 11) is 0. The summed E-state index contributed by atoms with van der Waals surface area (Å²) >= 11 is 0. The van der Waals surface area contributed by atoms with Crippen molar-refractivity contribution in [2.75, 3.05) is 19.7 Å². The zero-order valence-corrected chi connectivity index (χ0v) is 13.4. The zero-order chi connectivity index (χ0) is 17.2. The van der Waals surface area contributed by atoms with Crippen LogP contribution >= 0.6 is 0 Å². The van der Waals surface area contributed by atoms with E-state index in [4.69, 9.17) is 9.15 Å². The number of hydrogen-bond donors (Lipinski definition) is 0. The topological polar surface area (TPSA) is 72.6 Å². The number of nitrogens with zero attached hydrogens (tertiary/aromatic N) is 2. The molecule has 0 N–H and O–H groups in total. The lowest BCUT2D eigenvalue weighted by Gasteiger charge is -2.32. The molecule has 0 bridgehead atoms. The molecule has 1 fully saturated rings. The number of para-hydroxylation sites is 1. The molecule has 1 unspecified atom stereocenters. The SMILES string of the molecule is O=C(c1cc(=O)c2ccccc2o1)N1CCOC(c2cccnc2)C1. The van der Waals surface area contributed by atoms with Gasteiger partial charge in [-0.1, -0.05) is 18.2 Å². The number of hydrogen-bond acceptors (Lipinski definition) is 5. The van der Waals surface area contributed by atoms with Crippen LogP contribution in [0.4, 0.5) is 0 Å². The third-order valence-corrected chi connectivity index (χ3v) is 4.26. The fraction of sp³-hybridized carbons (Fsp3) is 0.211. The highest BCUT2D eigenvalue weighted by molar-refractivity contribution is 5.93. The summed E-state index contributed by atoms with van der Waals surface area (Å²) in [6.07, 6.45) is 3.19. The maximum Gasteiger partial charge on any atom is 0.289 e. The summed E-state index contributed by atoms with van der Waals surface area (Å²) in [6, 6.07) is 11.9. The smallest absolute Gasteiger partial charge is 0.289 e. The third-order valence-electron chi connectivity index (χ3n) is 4.26. The van der Waals surface area contributed by atoms with Gasteiger partial charge in [0, 0.05) is 30.6 Å². The van der Waals surface area contributed by atoms with Crippen molar-refractivity contribution in [2.45, 2.75) is 6.10 Å². The van der Waals surface area contributed by atoms with E-state index in [0.717, 1.165) is 5.56 Å². The summed E-state index contributed by atoms with van der Waals surface area (Å²) in [6.45, 7) is 1.26. The fourth-order valence-corrected chi connectivity index (χ4v) is 2.97. The molecule has 3 heterocycles. The monoisotopic (exact) mass is 336 g/mol. The van der Waals surface area contributed by atoms with E-state index in [-0.39, 0.29) is 23.2 Å². The van der Waals surface area contributed by atoms with Gasteiger partial charge in [-0.05, 0) is 18.2 Å². The summed E-state index contributed by atoms with van der Waals surface area (Å²) in [5, 5.41) is 0.467. The van der Waals surface area contributed by atoms with Gasteiger partial charge in [-0.2, -0.15) is 0 Å². The maximum atomic E-state index is 12.8. The maximum absolute atomic E-state index is 12.8. The molecule has 1 aliphatic rings. The zero-order valence-electron chi connectivity index (χ0n) is 13.4. The van der Waals surface area contributed by atoms with E-state index < -0.39 is 0 Å². The quantitative estimate of drug-likeness (QED) is 0.718. The lowest BCUT2D eigenvalue weighted by atomic mass is 10.1. The van der Waals surface area contributed by atoms with Gasteiger partial charge in [0.05, 0.1) is 18.5 Å². The summed E-state index contributed by atoms with van der Waals surface area (Å²) in [4.78, 5) is 30.7. The Balaban J connectivity index is 1.61. The predicted molar refractivity (Wildman–Crippen MR) is 91.3 cm³/mol. The van der Waals surface area contributed by atoms with Gasteiger partial charge < -0.3 is 14.1 Å². The van der Waals surface area contributed by atoms with Gasteiger partial charge in [-0.15, -0.1) is 0 Å². The van der Waals surface area contributed by atoms with Crippen LogP contribution in [0.5, 0.6) is 0 Å². The molecule has 1 saturated heterocycles. The molecule has 1 amide bonds. The van der Waals surface area contributed by atoms with Gasteiger partial charge in [0.25, 0.3) is 5.91 Å². The Bertz CT molecular complexity index is 968. The van der Waals surface area contributed by atoms with Crippen molar-refractivity contribution >= 4 is 16.9 Å². The number of carbonyl (C=O) groups is 1. The molecule has 126 valence electrons. The molecule has 0 spiro atoms. The molecule has 1 aliphatic heterocycles. The minimum absolute atomic E-state index is 0.0514. The van der Waals surface area contributed by atoms with Crippen molar-refractivity contribution in [1.29, 1.82) is 0 Å². The molecule has 6 nitrogen and oxygen atoms in total. The average molecular weight is 336 g/mol. The Morgan fingerprint density at radius 2 is 2.08 bits per heavy atom. The van der Waals surface area contributed by atoms with Crippen molar-refractivity contribution in [3.8, 4) is 0 Å². The van der Waals surface area contributed by atoms with Crippen LogP contribution in [0.2, 0.25) is 0 Å². The number of rotatable bonds is 2. The summed E-state index contributed by atoms with van der Waals surface area (Å²) in [5.74, 6) is -0.254. The van der Waals surface area contributed by atoms with Crippen molar-refractivity contribution in [2.24, 2.45) is 0 Å². The van der Waals surface area contributed by atoms with Gasteiger partial charge in [-0.3, -0.25) is 14.6 Å². The standard InChI is InChI=1S/C19H16N2O4/c22-15-10-17(25-16-6-2-1-5-14(15)16)19(23)21-8-9-24-18(12-21)13-4-3-7-20-11-13/h1-7,10-11,18H,8-9,12H2. The van der Waals surface area contributed by atoms with Crippen LogP contribution in [-0.2, 0) is 4.74 Å². The molecule has 0 radical (unpaired) electrons. The molecule has 0 aliphatic carbocycles. The van der Waals surface area contributed by atoms with E-state index in [9.17, 15) is 9.59 Å². The molecule has 3 aromatic rings. The van der Waals surface area contributed by atoms with Gasteiger partial charge in [0.1, 0.15) is 11.7 Å².